The maximum atomic E-state index is 6.98. The van der Waals surface area contributed by atoms with Gasteiger partial charge in [-0.3, -0.25) is 0 Å². The van der Waals surface area contributed by atoms with Crippen LogP contribution in [0.15, 0.2) is 42.5 Å². The van der Waals surface area contributed by atoms with Crippen molar-refractivity contribution in [2.75, 3.05) is 0 Å². The van der Waals surface area contributed by atoms with E-state index in [4.69, 9.17) is 11.1 Å². The highest BCUT2D eigenvalue weighted by Gasteiger charge is 2.31. The lowest BCUT2D eigenvalue weighted by Crippen LogP contribution is -2.52. The van der Waals surface area contributed by atoms with Crippen LogP contribution in [0.3, 0.4) is 0 Å². The van der Waals surface area contributed by atoms with Crippen LogP contribution in [0, 0.1) is 20.8 Å². The van der Waals surface area contributed by atoms with Crippen molar-refractivity contribution in [3.8, 4) is 0 Å². The van der Waals surface area contributed by atoms with Crippen molar-refractivity contribution in [2.45, 2.75) is 27.3 Å². The number of aryl methyl sites for hydroxylation is 2. The summed E-state index contributed by atoms with van der Waals surface area (Å²) in [5, 5.41) is 2.62. The molecule has 2 aromatic rings. The molecule has 0 spiro atoms. The van der Waals surface area contributed by atoms with Crippen LogP contribution in [0.4, 0.5) is 0 Å². The first-order chi connectivity index (χ1) is 8.43. The Morgan fingerprint density at radius 2 is 1.56 bits per heavy atom. The maximum Gasteiger partial charge on any atom is 0.214 e. The summed E-state index contributed by atoms with van der Waals surface area (Å²) in [5.74, 6) is 0. The number of hydrogen-bond acceptors (Lipinski definition) is 0. The summed E-state index contributed by atoms with van der Waals surface area (Å²) in [6.07, 6.45) is 0. The molecule has 2 heteroatoms. The molecule has 2 rings (SSSR count). The minimum absolute atomic E-state index is 1.28. The molecule has 1 unspecified atom stereocenters. The molecule has 0 aliphatic rings. The van der Waals surface area contributed by atoms with Crippen LogP contribution in [-0.2, 0) is 0 Å². The molecule has 0 saturated carbocycles. The Morgan fingerprint density at radius 3 is 2.17 bits per heavy atom. The smallest absolute Gasteiger partial charge is 0.155 e. The number of rotatable bonds is 2. The predicted octanol–water partition coefficient (Wildman–Crippen LogP) is 3.54. The van der Waals surface area contributed by atoms with E-state index in [-0.39, 0.29) is 0 Å². The fourth-order valence-corrected chi connectivity index (χ4v) is 5.93. The molecule has 0 bridgehead atoms. The molecular formula is C16H19ClSi. The molecule has 94 valence electrons. The van der Waals surface area contributed by atoms with Gasteiger partial charge in [-0.15, -0.1) is 0 Å². The highest BCUT2D eigenvalue weighted by Crippen LogP contribution is 2.16. The second-order valence-electron chi connectivity index (χ2n) is 5.12. The van der Waals surface area contributed by atoms with Gasteiger partial charge in [0.25, 0.3) is 0 Å². The topological polar surface area (TPSA) is 0 Å². The zero-order valence-electron chi connectivity index (χ0n) is 11.4. The second-order valence-corrected chi connectivity index (χ2v) is 10.5. The van der Waals surface area contributed by atoms with Gasteiger partial charge in [-0.1, -0.05) is 48.0 Å². The highest BCUT2D eigenvalue weighted by molar-refractivity contribution is 7.33. The Labute approximate surface area is 115 Å². The summed E-state index contributed by atoms with van der Waals surface area (Å²) < 4.78 is 0. The second kappa shape index (κ2) is 4.91. The van der Waals surface area contributed by atoms with Gasteiger partial charge in [-0.2, -0.15) is 11.1 Å². The summed E-state index contributed by atoms with van der Waals surface area (Å²) in [7, 11) is -2.09. The van der Waals surface area contributed by atoms with Crippen LogP contribution < -0.4 is 10.4 Å². The largest absolute Gasteiger partial charge is 0.214 e. The molecule has 2 aromatic carbocycles. The average Bonchev–Trinajstić information content (AvgIpc) is 2.34. The van der Waals surface area contributed by atoms with Crippen LogP contribution in [0.2, 0.25) is 6.55 Å². The first-order valence-corrected chi connectivity index (χ1v) is 9.77. The van der Waals surface area contributed by atoms with Crippen molar-refractivity contribution in [1.82, 2.24) is 0 Å². The third-order valence-corrected chi connectivity index (χ3v) is 7.85. The van der Waals surface area contributed by atoms with E-state index in [9.17, 15) is 0 Å². The van der Waals surface area contributed by atoms with Gasteiger partial charge in [0.15, 0.2) is 0 Å². The molecule has 0 aliphatic heterocycles. The number of hydrogen-bond donors (Lipinski definition) is 0. The van der Waals surface area contributed by atoms with Crippen LogP contribution in [-0.4, -0.2) is 7.38 Å². The van der Waals surface area contributed by atoms with Crippen molar-refractivity contribution in [3.05, 3.63) is 59.2 Å². The molecule has 0 N–H and O–H groups in total. The van der Waals surface area contributed by atoms with Gasteiger partial charge < -0.3 is 0 Å². The molecule has 0 saturated heterocycles. The molecule has 18 heavy (non-hydrogen) atoms. The van der Waals surface area contributed by atoms with Crippen LogP contribution in [0.1, 0.15) is 16.7 Å². The van der Waals surface area contributed by atoms with Crippen molar-refractivity contribution in [3.63, 3.8) is 0 Å². The third kappa shape index (κ3) is 2.38. The van der Waals surface area contributed by atoms with E-state index in [1.54, 1.807) is 0 Å². The van der Waals surface area contributed by atoms with Crippen molar-refractivity contribution < 1.29 is 0 Å². The Kier molecular flexibility index (Phi) is 3.65. The highest BCUT2D eigenvalue weighted by atomic mass is 35.6. The molecule has 0 aromatic heterocycles. The summed E-state index contributed by atoms with van der Waals surface area (Å²) >= 11 is 6.98. The van der Waals surface area contributed by atoms with Crippen LogP contribution >= 0.6 is 11.1 Å². The maximum absolute atomic E-state index is 6.98. The van der Waals surface area contributed by atoms with Gasteiger partial charge >= 0.3 is 0 Å². The SMILES string of the molecule is Cc1cc(C)c(C)c([Si](C)(Cl)c2ccccc2)c1. The fraction of sp³-hybridized carbons (Fsp3) is 0.250. The normalized spacial score (nSPS) is 14.3. The first kappa shape index (κ1) is 13.4. The van der Waals surface area contributed by atoms with Crippen molar-refractivity contribution in [1.29, 1.82) is 0 Å². The Balaban J connectivity index is 2.61. The quantitative estimate of drug-likeness (QED) is 0.580. The Bertz CT molecular complexity index is 559. The molecule has 0 heterocycles. The van der Waals surface area contributed by atoms with E-state index in [0.717, 1.165) is 0 Å². The van der Waals surface area contributed by atoms with Gasteiger partial charge in [0.1, 0.15) is 0 Å². The Morgan fingerprint density at radius 1 is 0.944 bits per heavy atom. The summed E-state index contributed by atoms with van der Waals surface area (Å²) in [5.41, 5.74) is 3.97. The number of halogens is 1. The predicted molar refractivity (Wildman–Crippen MR) is 83.8 cm³/mol. The molecule has 0 fully saturated rings. The number of benzene rings is 2. The van der Waals surface area contributed by atoms with Gasteiger partial charge in [0.2, 0.25) is 7.38 Å². The zero-order valence-corrected chi connectivity index (χ0v) is 13.2. The van der Waals surface area contributed by atoms with Gasteiger partial charge in [0.05, 0.1) is 0 Å². The van der Waals surface area contributed by atoms with E-state index in [1.807, 2.05) is 6.07 Å². The summed E-state index contributed by atoms with van der Waals surface area (Å²) in [6.45, 7) is 8.70. The minimum atomic E-state index is -2.09. The summed E-state index contributed by atoms with van der Waals surface area (Å²) in [4.78, 5) is 0. The van der Waals surface area contributed by atoms with Crippen molar-refractivity contribution in [2.24, 2.45) is 0 Å². The van der Waals surface area contributed by atoms with Crippen LogP contribution in [0.5, 0.6) is 0 Å². The average molecular weight is 275 g/mol. The monoisotopic (exact) mass is 274 g/mol. The lowest BCUT2D eigenvalue weighted by Gasteiger charge is -2.24. The molecule has 0 radical (unpaired) electrons. The summed E-state index contributed by atoms with van der Waals surface area (Å²) in [6, 6.07) is 15.0. The fourth-order valence-electron chi connectivity index (χ4n) is 2.43. The van der Waals surface area contributed by atoms with E-state index in [1.165, 1.54) is 27.1 Å². The van der Waals surface area contributed by atoms with E-state index >= 15 is 0 Å². The third-order valence-electron chi connectivity index (χ3n) is 3.63. The van der Waals surface area contributed by atoms with Gasteiger partial charge in [0, 0.05) is 0 Å². The first-order valence-electron chi connectivity index (χ1n) is 6.25. The van der Waals surface area contributed by atoms with E-state index < -0.39 is 7.38 Å². The van der Waals surface area contributed by atoms with E-state index in [2.05, 4.69) is 63.7 Å². The lowest BCUT2D eigenvalue weighted by molar-refractivity contribution is 1.32. The van der Waals surface area contributed by atoms with E-state index in [0.29, 0.717) is 0 Å². The minimum Gasteiger partial charge on any atom is -0.155 e. The lowest BCUT2D eigenvalue weighted by atomic mass is 10.1. The molecule has 0 aliphatic carbocycles. The molecule has 0 nitrogen and oxygen atoms in total. The molecule has 0 amide bonds. The van der Waals surface area contributed by atoms with Crippen molar-refractivity contribution >= 4 is 28.8 Å². The van der Waals surface area contributed by atoms with Gasteiger partial charge in [-0.25, -0.2) is 0 Å². The van der Waals surface area contributed by atoms with Gasteiger partial charge in [-0.05, 0) is 48.8 Å². The Hall–Kier alpha value is -1.05. The zero-order chi connectivity index (χ0) is 13.3. The standard InChI is InChI=1S/C16H19ClSi/c1-12-10-13(2)14(3)16(11-12)18(4,17)15-8-6-5-7-9-15/h5-11H,1-4H3. The molecule has 1 atom stereocenters. The molecular weight excluding hydrogens is 256 g/mol. The van der Waals surface area contributed by atoms with Crippen LogP contribution in [0.25, 0.3) is 0 Å².